The van der Waals surface area contributed by atoms with Crippen molar-refractivity contribution in [1.29, 1.82) is 0 Å². The summed E-state index contributed by atoms with van der Waals surface area (Å²) < 4.78 is 5.40. The predicted molar refractivity (Wildman–Crippen MR) is 147 cm³/mol. The van der Waals surface area contributed by atoms with Crippen LogP contribution in [0.15, 0.2) is 95.9 Å². The van der Waals surface area contributed by atoms with Gasteiger partial charge in [-0.1, -0.05) is 41.9 Å². The number of halogens is 1. The number of hydrogen-bond acceptors (Lipinski definition) is 3. The van der Waals surface area contributed by atoms with Gasteiger partial charge in [0.1, 0.15) is 5.75 Å². The van der Waals surface area contributed by atoms with Crippen LogP contribution in [0.5, 0.6) is 5.75 Å². The minimum Gasteiger partial charge on any atom is -0.497 e. The van der Waals surface area contributed by atoms with Crippen LogP contribution in [0, 0.1) is 0 Å². The molecule has 35 heavy (non-hydrogen) atoms. The third-order valence-corrected chi connectivity index (χ3v) is 6.95. The second kappa shape index (κ2) is 9.90. The number of H-pyrrole nitrogens is 1. The molecule has 1 aromatic heterocycles. The first-order valence-corrected chi connectivity index (χ1v) is 12.7. The Morgan fingerprint density at radius 2 is 1.77 bits per heavy atom. The number of para-hydroxylation sites is 1. The molecular formula is C29H23ClN2O2S. The van der Waals surface area contributed by atoms with Gasteiger partial charge in [0.05, 0.1) is 12.1 Å². The number of hydrogen-bond donors (Lipinski definition) is 2. The van der Waals surface area contributed by atoms with Gasteiger partial charge in [-0.3, -0.25) is 4.79 Å². The molecule has 0 radical (unpaired) electrons. The molecule has 0 aliphatic carbocycles. The molecule has 0 unspecified atom stereocenters. The lowest BCUT2D eigenvalue weighted by atomic mass is 9.98. The van der Waals surface area contributed by atoms with Crippen molar-refractivity contribution < 1.29 is 9.53 Å². The van der Waals surface area contributed by atoms with E-state index in [0.717, 1.165) is 43.9 Å². The van der Waals surface area contributed by atoms with Crippen LogP contribution in [-0.4, -0.2) is 24.3 Å². The maximum atomic E-state index is 13.4. The summed E-state index contributed by atoms with van der Waals surface area (Å²) in [5.41, 5.74) is 5.76. The minimum atomic E-state index is -0.194. The van der Waals surface area contributed by atoms with Crippen molar-refractivity contribution in [2.75, 3.05) is 18.7 Å². The van der Waals surface area contributed by atoms with E-state index >= 15 is 0 Å². The lowest BCUT2D eigenvalue weighted by molar-refractivity contribution is 0.102. The number of benzene rings is 4. The molecule has 5 rings (SSSR count). The highest BCUT2D eigenvalue weighted by Gasteiger charge is 2.16. The molecule has 4 aromatic carbocycles. The molecule has 0 atom stereocenters. The number of aromatic amines is 1. The largest absolute Gasteiger partial charge is 0.497 e. The van der Waals surface area contributed by atoms with Gasteiger partial charge in [-0.05, 0) is 78.0 Å². The molecular weight excluding hydrogens is 476 g/mol. The first-order chi connectivity index (χ1) is 17.1. The molecule has 0 saturated carbocycles. The Morgan fingerprint density at radius 1 is 0.914 bits per heavy atom. The van der Waals surface area contributed by atoms with E-state index in [0.29, 0.717) is 16.3 Å². The van der Waals surface area contributed by atoms with Crippen LogP contribution in [0.2, 0.25) is 5.02 Å². The van der Waals surface area contributed by atoms with E-state index in [-0.39, 0.29) is 5.91 Å². The van der Waals surface area contributed by atoms with Gasteiger partial charge in [0.25, 0.3) is 5.91 Å². The van der Waals surface area contributed by atoms with E-state index in [2.05, 4.69) is 16.4 Å². The van der Waals surface area contributed by atoms with E-state index in [4.69, 9.17) is 16.3 Å². The van der Waals surface area contributed by atoms with Crippen LogP contribution in [0.25, 0.3) is 33.3 Å². The van der Waals surface area contributed by atoms with Crippen molar-refractivity contribution in [2.24, 2.45) is 0 Å². The Hall–Kier alpha value is -3.67. The summed E-state index contributed by atoms with van der Waals surface area (Å²) in [6.45, 7) is 0. The molecule has 0 aliphatic heterocycles. The molecule has 0 spiro atoms. The second-order valence-electron chi connectivity index (χ2n) is 8.06. The quantitative estimate of drug-likeness (QED) is 0.232. The van der Waals surface area contributed by atoms with Crippen LogP contribution in [0.1, 0.15) is 10.4 Å². The molecule has 4 nitrogen and oxygen atoms in total. The molecule has 0 aliphatic rings. The highest BCUT2D eigenvalue weighted by molar-refractivity contribution is 7.98. The number of aromatic nitrogens is 1. The van der Waals surface area contributed by atoms with Gasteiger partial charge in [-0.15, -0.1) is 11.8 Å². The van der Waals surface area contributed by atoms with Crippen LogP contribution < -0.4 is 10.1 Å². The number of amides is 1. The van der Waals surface area contributed by atoms with Crippen LogP contribution in [0.3, 0.4) is 0 Å². The molecule has 5 aromatic rings. The Labute approximate surface area is 213 Å². The summed E-state index contributed by atoms with van der Waals surface area (Å²) in [5.74, 6) is 0.546. The molecule has 0 fully saturated rings. The standard InChI is InChI=1S/C29H23ClN2O2S/c1-34-21-8-5-7-18(14-21)24-17-22(35-2)11-12-23(24)29(33)31-20-10-13-26(30)25(16-20)28-15-19-6-3-4-9-27(19)32-28/h3-17,32H,1-2H3,(H,31,33). The second-order valence-corrected chi connectivity index (χ2v) is 9.35. The van der Waals surface area contributed by atoms with Gasteiger partial charge < -0.3 is 15.0 Å². The van der Waals surface area contributed by atoms with Gasteiger partial charge in [0.2, 0.25) is 0 Å². The number of rotatable bonds is 6. The Morgan fingerprint density at radius 3 is 2.57 bits per heavy atom. The summed E-state index contributed by atoms with van der Waals surface area (Å²) in [4.78, 5) is 17.9. The van der Waals surface area contributed by atoms with Crippen molar-refractivity contribution in [3.05, 3.63) is 102 Å². The zero-order chi connectivity index (χ0) is 24.4. The predicted octanol–water partition coefficient (Wildman–Crippen LogP) is 8.14. The first kappa shape index (κ1) is 23.1. The number of ether oxygens (including phenoxy) is 1. The number of carbonyl (C=O) groups is 1. The normalized spacial score (nSPS) is 10.9. The lowest BCUT2D eigenvalue weighted by Gasteiger charge is -2.14. The summed E-state index contributed by atoms with van der Waals surface area (Å²) in [6.07, 6.45) is 2.02. The molecule has 6 heteroatoms. The SMILES string of the molecule is COc1cccc(-c2cc(SC)ccc2C(=O)Nc2ccc(Cl)c(-c3cc4ccccc4[nH]3)c2)c1. The van der Waals surface area contributed by atoms with Crippen LogP contribution >= 0.6 is 23.4 Å². The lowest BCUT2D eigenvalue weighted by Crippen LogP contribution is -2.13. The van der Waals surface area contributed by atoms with Gasteiger partial charge in [-0.25, -0.2) is 0 Å². The van der Waals surface area contributed by atoms with Crippen molar-refractivity contribution in [3.8, 4) is 28.1 Å². The van der Waals surface area contributed by atoms with Gasteiger partial charge >= 0.3 is 0 Å². The maximum absolute atomic E-state index is 13.4. The number of methoxy groups -OCH3 is 1. The third-order valence-electron chi connectivity index (χ3n) is 5.90. The molecule has 0 saturated heterocycles. The van der Waals surface area contributed by atoms with Crippen molar-refractivity contribution in [1.82, 2.24) is 4.98 Å². The summed E-state index contributed by atoms with van der Waals surface area (Å²) in [5, 5.41) is 4.77. The highest BCUT2D eigenvalue weighted by Crippen LogP contribution is 2.34. The van der Waals surface area contributed by atoms with Crippen molar-refractivity contribution in [3.63, 3.8) is 0 Å². The Bertz CT molecular complexity index is 1510. The Kier molecular flexibility index (Phi) is 6.53. The fourth-order valence-corrected chi connectivity index (χ4v) is 4.76. The van der Waals surface area contributed by atoms with Crippen molar-refractivity contribution in [2.45, 2.75) is 4.90 Å². The van der Waals surface area contributed by atoms with Crippen LogP contribution in [-0.2, 0) is 0 Å². The topological polar surface area (TPSA) is 54.1 Å². The molecule has 1 amide bonds. The number of carbonyl (C=O) groups excluding carboxylic acids is 1. The molecule has 1 heterocycles. The molecule has 0 bridgehead atoms. The molecule has 2 N–H and O–H groups in total. The monoisotopic (exact) mass is 498 g/mol. The van der Waals surface area contributed by atoms with E-state index < -0.39 is 0 Å². The number of fused-ring (bicyclic) bond motifs is 1. The smallest absolute Gasteiger partial charge is 0.256 e. The van der Waals surface area contributed by atoms with Gasteiger partial charge in [0, 0.05) is 38.3 Å². The average molecular weight is 499 g/mol. The van der Waals surface area contributed by atoms with E-state index in [9.17, 15) is 4.79 Å². The summed E-state index contributed by atoms with van der Waals surface area (Å²) in [7, 11) is 1.64. The van der Waals surface area contributed by atoms with E-state index in [1.54, 1.807) is 24.9 Å². The number of thioether (sulfide) groups is 1. The zero-order valence-electron chi connectivity index (χ0n) is 19.3. The zero-order valence-corrected chi connectivity index (χ0v) is 20.8. The van der Waals surface area contributed by atoms with E-state index in [1.165, 1.54) is 0 Å². The average Bonchev–Trinajstić information content (AvgIpc) is 3.33. The highest BCUT2D eigenvalue weighted by atomic mass is 35.5. The summed E-state index contributed by atoms with van der Waals surface area (Å²) in [6, 6.07) is 29.2. The van der Waals surface area contributed by atoms with E-state index in [1.807, 2.05) is 85.1 Å². The van der Waals surface area contributed by atoms with Gasteiger partial charge in [-0.2, -0.15) is 0 Å². The number of nitrogens with one attached hydrogen (secondary N) is 2. The first-order valence-electron chi connectivity index (χ1n) is 11.1. The molecule has 174 valence electrons. The maximum Gasteiger partial charge on any atom is 0.256 e. The third kappa shape index (κ3) is 4.78. The Balaban J connectivity index is 1.50. The van der Waals surface area contributed by atoms with Gasteiger partial charge in [0.15, 0.2) is 0 Å². The fraction of sp³-hybridized carbons (Fsp3) is 0.0690. The minimum absolute atomic E-state index is 0.194. The summed E-state index contributed by atoms with van der Waals surface area (Å²) >= 11 is 8.17. The number of anilines is 1. The van der Waals surface area contributed by atoms with Crippen LogP contribution in [0.4, 0.5) is 5.69 Å². The van der Waals surface area contributed by atoms with Crippen molar-refractivity contribution >= 4 is 45.9 Å². The fourth-order valence-electron chi connectivity index (χ4n) is 4.10.